The third kappa shape index (κ3) is 4.66. The number of hydrogen-bond acceptors (Lipinski definition) is 3. The van der Waals surface area contributed by atoms with E-state index in [0.717, 1.165) is 32.2 Å². The molecule has 1 atom stereocenters. The molecule has 6 heteroatoms. The Balaban J connectivity index is 1.90. The Morgan fingerprint density at radius 2 is 2.33 bits per heavy atom. The second-order valence-electron chi connectivity index (χ2n) is 5.30. The summed E-state index contributed by atoms with van der Waals surface area (Å²) in [5.41, 5.74) is 0.110. The first-order valence-corrected chi connectivity index (χ1v) is 7.58. The van der Waals surface area contributed by atoms with Gasteiger partial charge in [0.2, 0.25) is 5.91 Å². The highest BCUT2D eigenvalue weighted by Crippen LogP contribution is 2.22. The molecule has 4 nitrogen and oxygen atoms in total. The van der Waals surface area contributed by atoms with Crippen molar-refractivity contribution < 1.29 is 14.3 Å². The molecule has 1 heterocycles. The first-order chi connectivity index (χ1) is 10.1. The normalized spacial score (nSPS) is 18.9. The van der Waals surface area contributed by atoms with Crippen LogP contribution in [-0.4, -0.2) is 41.7 Å². The molecular formula is C15H20ClFN2O2. The van der Waals surface area contributed by atoms with Crippen LogP contribution in [0.3, 0.4) is 0 Å². The van der Waals surface area contributed by atoms with Crippen molar-refractivity contribution in [3.63, 3.8) is 0 Å². The Morgan fingerprint density at radius 3 is 3.10 bits per heavy atom. The fraction of sp³-hybridized carbons (Fsp3) is 0.533. The van der Waals surface area contributed by atoms with E-state index in [1.54, 1.807) is 0 Å². The lowest BCUT2D eigenvalue weighted by Crippen LogP contribution is -2.37. The number of anilines is 1. The zero-order valence-corrected chi connectivity index (χ0v) is 12.6. The van der Waals surface area contributed by atoms with Gasteiger partial charge in [0.05, 0.1) is 12.2 Å². The number of halogens is 2. The van der Waals surface area contributed by atoms with Gasteiger partial charge in [0.1, 0.15) is 5.82 Å². The van der Waals surface area contributed by atoms with Gasteiger partial charge in [0, 0.05) is 17.7 Å². The van der Waals surface area contributed by atoms with Crippen LogP contribution in [0, 0.1) is 5.82 Å². The number of aliphatic hydroxyl groups is 1. The van der Waals surface area contributed by atoms with Crippen molar-refractivity contribution in [1.29, 1.82) is 0 Å². The molecule has 1 aromatic rings. The van der Waals surface area contributed by atoms with E-state index in [-0.39, 0.29) is 24.7 Å². The van der Waals surface area contributed by atoms with Crippen molar-refractivity contribution in [3.8, 4) is 0 Å². The van der Waals surface area contributed by atoms with Gasteiger partial charge in [-0.1, -0.05) is 11.6 Å². The largest absolute Gasteiger partial charge is 0.396 e. The van der Waals surface area contributed by atoms with Gasteiger partial charge in [0.25, 0.3) is 0 Å². The first-order valence-electron chi connectivity index (χ1n) is 7.20. The molecule has 1 aliphatic heterocycles. The van der Waals surface area contributed by atoms with Crippen molar-refractivity contribution >= 4 is 23.2 Å². The van der Waals surface area contributed by atoms with Crippen LogP contribution in [-0.2, 0) is 4.79 Å². The standard InChI is InChI=1S/C15H20ClFN2O2/c16-11-5-6-13(17)14(9-11)18-15(21)10-19-7-1-3-12(19)4-2-8-20/h5-6,9,12,20H,1-4,7-8,10H2,(H,18,21). The van der Waals surface area contributed by atoms with Crippen LogP contribution in [0.5, 0.6) is 0 Å². The maximum absolute atomic E-state index is 13.6. The lowest BCUT2D eigenvalue weighted by Gasteiger charge is -2.23. The predicted octanol–water partition coefficient (Wildman–Crippen LogP) is 2.65. The van der Waals surface area contributed by atoms with Gasteiger partial charge >= 0.3 is 0 Å². The Kier molecular flexibility index (Phi) is 5.96. The SMILES string of the molecule is O=C(CN1CCCC1CCCO)Nc1cc(Cl)ccc1F. The molecule has 1 fully saturated rings. The number of aliphatic hydroxyl groups excluding tert-OH is 1. The van der Waals surface area contributed by atoms with E-state index >= 15 is 0 Å². The minimum absolute atomic E-state index is 0.110. The van der Waals surface area contributed by atoms with E-state index in [1.807, 2.05) is 0 Å². The van der Waals surface area contributed by atoms with Crippen molar-refractivity contribution in [2.45, 2.75) is 31.7 Å². The molecule has 1 amide bonds. The summed E-state index contributed by atoms with van der Waals surface area (Å²) in [5.74, 6) is -0.738. The van der Waals surface area contributed by atoms with Crippen molar-refractivity contribution in [1.82, 2.24) is 4.90 Å². The summed E-state index contributed by atoms with van der Waals surface area (Å²) < 4.78 is 13.6. The van der Waals surface area contributed by atoms with Crippen molar-refractivity contribution in [3.05, 3.63) is 29.0 Å². The average molecular weight is 315 g/mol. The van der Waals surface area contributed by atoms with E-state index in [4.69, 9.17) is 16.7 Å². The molecule has 1 aromatic carbocycles. The van der Waals surface area contributed by atoms with Gasteiger partial charge in [-0.3, -0.25) is 9.69 Å². The molecule has 0 spiro atoms. The molecule has 0 aliphatic carbocycles. The number of hydrogen-bond donors (Lipinski definition) is 2. The Bertz CT molecular complexity index is 499. The molecule has 1 unspecified atom stereocenters. The molecule has 0 bridgehead atoms. The van der Waals surface area contributed by atoms with Gasteiger partial charge in [-0.05, 0) is 50.4 Å². The monoisotopic (exact) mass is 314 g/mol. The number of nitrogens with zero attached hydrogens (tertiary/aromatic N) is 1. The van der Waals surface area contributed by atoms with Crippen molar-refractivity contribution in [2.75, 3.05) is 25.0 Å². The number of likely N-dealkylation sites (tertiary alicyclic amines) is 1. The molecule has 0 saturated carbocycles. The maximum Gasteiger partial charge on any atom is 0.238 e. The van der Waals surface area contributed by atoms with Crippen LogP contribution < -0.4 is 5.32 Å². The van der Waals surface area contributed by atoms with Gasteiger partial charge < -0.3 is 10.4 Å². The minimum atomic E-state index is -0.494. The smallest absolute Gasteiger partial charge is 0.238 e. The van der Waals surface area contributed by atoms with E-state index in [9.17, 15) is 9.18 Å². The van der Waals surface area contributed by atoms with E-state index < -0.39 is 5.82 Å². The molecule has 1 saturated heterocycles. The Hall–Kier alpha value is -1.17. The zero-order chi connectivity index (χ0) is 15.2. The fourth-order valence-corrected chi connectivity index (χ4v) is 2.90. The van der Waals surface area contributed by atoms with E-state index in [1.165, 1.54) is 18.2 Å². The first kappa shape index (κ1) is 16.2. The molecule has 0 radical (unpaired) electrons. The molecule has 1 aliphatic rings. The number of benzene rings is 1. The van der Waals surface area contributed by atoms with Crippen LogP contribution in [0.15, 0.2) is 18.2 Å². The molecule has 2 rings (SSSR count). The lowest BCUT2D eigenvalue weighted by molar-refractivity contribution is -0.117. The van der Waals surface area contributed by atoms with Gasteiger partial charge in [-0.2, -0.15) is 0 Å². The molecule has 116 valence electrons. The maximum atomic E-state index is 13.6. The quantitative estimate of drug-likeness (QED) is 0.849. The van der Waals surface area contributed by atoms with Gasteiger partial charge in [-0.15, -0.1) is 0 Å². The molecule has 0 aromatic heterocycles. The highest BCUT2D eigenvalue weighted by atomic mass is 35.5. The number of amides is 1. The summed E-state index contributed by atoms with van der Waals surface area (Å²) in [5, 5.41) is 11.8. The molecule has 21 heavy (non-hydrogen) atoms. The topological polar surface area (TPSA) is 52.6 Å². The van der Waals surface area contributed by atoms with Crippen molar-refractivity contribution in [2.24, 2.45) is 0 Å². The summed E-state index contributed by atoms with van der Waals surface area (Å²) in [6.07, 6.45) is 3.72. The Morgan fingerprint density at radius 1 is 1.52 bits per heavy atom. The number of carbonyl (C=O) groups excluding carboxylic acids is 1. The zero-order valence-electron chi connectivity index (χ0n) is 11.8. The highest BCUT2D eigenvalue weighted by molar-refractivity contribution is 6.30. The number of nitrogens with one attached hydrogen (secondary N) is 1. The highest BCUT2D eigenvalue weighted by Gasteiger charge is 2.25. The summed E-state index contributed by atoms with van der Waals surface area (Å²) in [4.78, 5) is 14.1. The van der Waals surface area contributed by atoms with Crippen LogP contribution in [0.2, 0.25) is 5.02 Å². The van der Waals surface area contributed by atoms with Gasteiger partial charge in [0.15, 0.2) is 0 Å². The van der Waals surface area contributed by atoms with Crippen LogP contribution in [0.25, 0.3) is 0 Å². The number of rotatable bonds is 6. The Labute approximate surface area is 128 Å². The van der Waals surface area contributed by atoms with E-state index in [2.05, 4.69) is 10.2 Å². The van der Waals surface area contributed by atoms with E-state index in [0.29, 0.717) is 11.1 Å². The van der Waals surface area contributed by atoms with Gasteiger partial charge in [-0.25, -0.2) is 4.39 Å². The average Bonchev–Trinajstić information content (AvgIpc) is 2.87. The van der Waals surface area contributed by atoms with Crippen LogP contribution in [0.4, 0.5) is 10.1 Å². The lowest BCUT2D eigenvalue weighted by atomic mass is 10.1. The second-order valence-corrected chi connectivity index (χ2v) is 5.74. The number of carbonyl (C=O) groups is 1. The summed E-state index contributed by atoms with van der Waals surface area (Å²) in [7, 11) is 0. The summed E-state index contributed by atoms with van der Waals surface area (Å²) in [6, 6.07) is 4.41. The summed E-state index contributed by atoms with van der Waals surface area (Å²) >= 11 is 5.80. The third-order valence-electron chi connectivity index (χ3n) is 3.74. The minimum Gasteiger partial charge on any atom is -0.396 e. The second kappa shape index (κ2) is 7.73. The fourth-order valence-electron chi connectivity index (χ4n) is 2.72. The summed E-state index contributed by atoms with van der Waals surface area (Å²) in [6.45, 7) is 1.27. The van der Waals surface area contributed by atoms with Crippen LogP contribution >= 0.6 is 11.6 Å². The van der Waals surface area contributed by atoms with Crippen LogP contribution in [0.1, 0.15) is 25.7 Å². The molecular weight excluding hydrogens is 295 g/mol. The predicted molar refractivity (Wildman–Crippen MR) is 81.0 cm³/mol. The molecule has 2 N–H and O–H groups in total. The third-order valence-corrected chi connectivity index (χ3v) is 3.98.